The van der Waals surface area contributed by atoms with E-state index in [-0.39, 0.29) is 12.1 Å². The average Bonchev–Trinajstić information content (AvgIpc) is 2.54. The van der Waals surface area contributed by atoms with Crippen LogP contribution in [0.15, 0.2) is 48.5 Å². The number of nitrogens with zero attached hydrogens (tertiary/aromatic N) is 1. The Morgan fingerprint density at radius 3 is 2.35 bits per heavy atom. The molecule has 0 aromatic heterocycles. The van der Waals surface area contributed by atoms with Crippen molar-refractivity contribution in [2.75, 3.05) is 6.54 Å². The largest absolute Gasteiger partial charge is 0.416 e. The van der Waals surface area contributed by atoms with E-state index in [1.54, 1.807) is 24.3 Å². The van der Waals surface area contributed by atoms with E-state index in [1.807, 2.05) is 6.07 Å². The van der Waals surface area contributed by atoms with Crippen molar-refractivity contribution in [1.29, 1.82) is 5.26 Å². The van der Waals surface area contributed by atoms with Crippen LogP contribution >= 0.6 is 0 Å². The molecule has 0 saturated carbocycles. The van der Waals surface area contributed by atoms with Crippen LogP contribution in [0.4, 0.5) is 13.2 Å². The third-order valence-corrected chi connectivity index (χ3v) is 3.38. The lowest BCUT2D eigenvalue weighted by molar-refractivity contribution is -0.139. The fourth-order valence-corrected chi connectivity index (χ4v) is 2.21. The standard InChI is InChI=1S/C17H15F3N2O/c18-17(19,20)15-4-2-1-3-14(15)16(23)11-22-10-13-7-5-12(9-21)6-8-13/h1-8,16,22-23H,10-11H2. The van der Waals surface area contributed by atoms with Gasteiger partial charge >= 0.3 is 6.18 Å². The van der Waals surface area contributed by atoms with Crippen LogP contribution in [-0.4, -0.2) is 11.7 Å². The number of rotatable bonds is 5. The van der Waals surface area contributed by atoms with Crippen LogP contribution < -0.4 is 5.32 Å². The molecule has 0 bridgehead atoms. The first kappa shape index (κ1) is 17.0. The molecule has 23 heavy (non-hydrogen) atoms. The highest BCUT2D eigenvalue weighted by atomic mass is 19.4. The van der Waals surface area contributed by atoms with Crippen LogP contribution in [0.25, 0.3) is 0 Å². The van der Waals surface area contributed by atoms with E-state index in [2.05, 4.69) is 5.32 Å². The van der Waals surface area contributed by atoms with E-state index in [0.29, 0.717) is 12.1 Å². The van der Waals surface area contributed by atoms with Gasteiger partial charge in [-0.25, -0.2) is 0 Å². The Morgan fingerprint density at radius 1 is 1.09 bits per heavy atom. The third-order valence-electron chi connectivity index (χ3n) is 3.38. The normalized spacial score (nSPS) is 12.7. The van der Waals surface area contributed by atoms with E-state index in [9.17, 15) is 18.3 Å². The van der Waals surface area contributed by atoms with E-state index >= 15 is 0 Å². The lowest BCUT2D eigenvalue weighted by Crippen LogP contribution is -2.23. The summed E-state index contributed by atoms with van der Waals surface area (Å²) in [5, 5.41) is 21.6. The Bertz CT molecular complexity index is 690. The summed E-state index contributed by atoms with van der Waals surface area (Å²) in [5.74, 6) is 0. The Balaban J connectivity index is 1.97. The molecule has 0 spiro atoms. The second-order valence-electron chi connectivity index (χ2n) is 5.04. The van der Waals surface area contributed by atoms with Gasteiger partial charge in [-0.3, -0.25) is 0 Å². The zero-order valence-corrected chi connectivity index (χ0v) is 12.1. The van der Waals surface area contributed by atoms with E-state index < -0.39 is 17.8 Å². The minimum absolute atomic E-state index is 0.00685. The minimum atomic E-state index is -4.50. The zero-order valence-electron chi connectivity index (χ0n) is 12.1. The number of aliphatic hydroxyl groups excluding tert-OH is 1. The summed E-state index contributed by atoms with van der Waals surface area (Å²) in [6.07, 6.45) is -5.75. The van der Waals surface area contributed by atoms with Gasteiger partial charge in [0.15, 0.2) is 0 Å². The smallest absolute Gasteiger partial charge is 0.387 e. The Morgan fingerprint density at radius 2 is 1.74 bits per heavy atom. The molecule has 2 rings (SSSR count). The number of hydrogen-bond acceptors (Lipinski definition) is 3. The van der Waals surface area contributed by atoms with Crippen molar-refractivity contribution in [3.05, 3.63) is 70.8 Å². The molecule has 3 nitrogen and oxygen atoms in total. The summed E-state index contributed by atoms with van der Waals surface area (Å²) in [4.78, 5) is 0. The molecule has 0 heterocycles. The van der Waals surface area contributed by atoms with Crippen molar-refractivity contribution in [2.45, 2.75) is 18.8 Å². The number of benzene rings is 2. The lowest BCUT2D eigenvalue weighted by Gasteiger charge is -2.18. The molecule has 1 unspecified atom stereocenters. The summed E-state index contributed by atoms with van der Waals surface area (Å²) < 4.78 is 38.7. The van der Waals surface area contributed by atoms with Crippen LogP contribution in [0, 0.1) is 11.3 Å². The van der Waals surface area contributed by atoms with E-state index in [1.165, 1.54) is 18.2 Å². The SMILES string of the molecule is N#Cc1ccc(CNCC(O)c2ccccc2C(F)(F)F)cc1. The van der Waals surface area contributed by atoms with Gasteiger partial charge in [0.25, 0.3) is 0 Å². The van der Waals surface area contributed by atoms with Gasteiger partial charge in [0.2, 0.25) is 0 Å². The van der Waals surface area contributed by atoms with Crippen LogP contribution in [-0.2, 0) is 12.7 Å². The van der Waals surface area contributed by atoms with Gasteiger partial charge in [-0.1, -0.05) is 30.3 Å². The first-order chi connectivity index (χ1) is 10.9. The quantitative estimate of drug-likeness (QED) is 0.888. The average molecular weight is 320 g/mol. The summed E-state index contributed by atoms with van der Waals surface area (Å²) in [7, 11) is 0. The molecule has 120 valence electrons. The fourth-order valence-electron chi connectivity index (χ4n) is 2.21. The third kappa shape index (κ3) is 4.55. The van der Waals surface area contributed by atoms with Gasteiger partial charge in [0.1, 0.15) is 0 Å². The first-order valence-corrected chi connectivity index (χ1v) is 6.96. The molecule has 0 fully saturated rings. The van der Waals surface area contributed by atoms with Crippen molar-refractivity contribution in [3.8, 4) is 6.07 Å². The molecule has 1 atom stereocenters. The van der Waals surface area contributed by atoms with Gasteiger partial charge < -0.3 is 10.4 Å². The number of nitrogens with one attached hydrogen (secondary N) is 1. The highest BCUT2D eigenvalue weighted by Crippen LogP contribution is 2.34. The van der Waals surface area contributed by atoms with Crippen molar-refractivity contribution >= 4 is 0 Å². The summed E-state index contributed by atoms with van der Waals surface area (Å²) >= 11 is 0. The minimum Gasteiger partial charge on any atom is -0.387 e. The molecule has 0 saturated heterocycles. The predicted molar refractivity (Wildman–Crippen MR) is 79.3 cm³/mol. The molecule has 0 amide bonds. The maximum Gasteiger partial charge on any atom is 0.416 e. The number of hydrogen-bond donors (Lipinski definition) is 2. The summed E-state index contributed by atoms with van der Waals surface area (Å²) in [6, 6.07) is 13.8. The Hall–Kier alpha value is -2.36. The van der Waals surface area contributed by atoms with Crippen molar-refractivity contribution in [1.82, 2.24) is 5.32 Å². The molecular weight excluding hydrogens is 305 g/mol. The predicted octanol–water partition coefficient (Wildman–Crippen LogP) is 3.40. The molecule has 2 aromatic carbocycles. The lowest BCUT2D eigenvalue weighted by atomic mass is 10.0. The highest BCUT2D eigenvalue weighted by molar-refractivity contribution is 5.32. The summed E-state index contributed by atoms with van der Waals surface area (Å²) in [6.45, 7) is 0.379. The monoisotopic (exact) mass is 320 g/mol. The Labute approximate surface area is 132 Å². The molecule has 0 aliphatic heterocycles. The van der Waals surface area contributed by atoms with E-state index in [4.69, 9.17) is 5.26 Å². The van der Waals surface area contributed by atoms with Crippen molar-refractivity contribution in [3.63, 3.8) is 0 Å². The molecular formula is C17H15F3N2O. The topological polar surface area (TPSA) is 56.0 Å². The molecule has 0 aliphatic rings. The van der Waals surface area contributed by atoms with Crippen molar-refractivity contribution < 1.29 is 18.3 Å². The van der Waals surface area contributed by atoms with E-state index in [0.717, 1.165) is 11.6 Å². The number of halogens is 3. The summed E-state index contributed by atoms with van der Waals surface area (Å²) in [5.41, 5.74) is 0.438. The fraction of sp³-hybridized carbons (Fsp3) is 0.235. The Kier molecular flexibility index (Phi) is 5.37. The van der Waals surface area contributed by atoms with Gasteiger partial charge in [-0.15, -0.1) is 0 Å². The molecule has 6 heteroatoms. The maximum atomic E-state index is 12.9. The van der Waals surface area contributed by atoms with Crippen molar-refractivity contribution in [2.24, 2.45) is 0 Å². The van der Waals surface area contributed by atoms with Gasteiger partial charge in [-0.2, -0.15) is 18.4 Å². The zero-order chi connectivity index (χ0) is 16.9. The second-order valence-corrected chi connectivity index (χ2v) is 5.04. The number of aliphatic hydroxyl groups is 1. The van der Waals surface area contributed by atoms with Gasteiger partial charge in [0, 0.05) is 13.1 Å². The van der Waals surface area contributed by atoms with Crippen LogP contribution in [0.3, 0.4) is 0 Å². The molecule has 0 radical (unpaired) electrons. The van der Waals surface area contributed by atoms with Gasteiger partial charge in [-0.05, 0) is 29.3 Å². The number of alkyl halides is 3. The van der Waals surface area contributed by atoms with Crippen LogP contribution in [0.1, 0.15) is 28.4 Å². The maximum absolute atomic E-state index is 12.9. The van der Waals surface area contributed by atoms with Crippen LogP contribution in [0.2, 0.25) is 0 Å². The molecule has 2 aromatic rings. The second kappa shape index (κ2) is 7.27. The number of nitriles is 1. The molecule has 0 aliphatic carbocycles. The first-order valence-electron chi connectivity index (χ1n) is 6.96. The highest BCUT2D eigenvalue weighted by Gasteiger charge is 2.34. The van der Waals surface area contributed by atoms with Crippen LogP contribution in [0.5, 0.6) is 0 Å². The van der Waals surface area contributed by atoms with Gasteiger partial charge in [0.05, 0.1) is 23.3 Å². The molecule has 2 N–H and O–H groups in total.